The molecule has 76 valence electrons. The van der Waals surface area contributed by atoms with Crippen molar-refractivity contribution >= 4 is 0 Å². The Morgan fingerprint density at radius 1 is 1.23 bits per heavy atom. The second kappa shape index (κ2) is 2.62. The highest BCUT2D eigenvalue weighted by Crippen LogP contribution is 2.61. The number of hydrogen-bond donors (Lipinski definition) is 1. The molecule has 0 aliphatic heterocycles. The molecule has 0 amide bonds. The molecular weight excluding hydrogens is 179 g/mol. The lowest BCUT2D eigenvalue weighted by Gasteiger charge is -2.16. The summed E-state index contributed by atoms with van der Waals surface area (Å²) in [5.74, 6) is 0.796. The standard InChI is InChI=1S/C9H14F3N/c10-9(11,12)5-4-8(13)6-2-1-3-7(6)8/h6-7H,1-5,13H2. The molecule has 2 atom stereocenters. The molecule has 2 aliphatic rings. The van der Waals surface area contributed by atoms with Crippen molar-refractivity contribution in [3.05, 3.63) is 0 Å². The van der Waals surface area contributed by atoms with Crippen molar-refractivity contribution in [2.24, 2.45) is 17.6 Å². The molecule has 0 aromatic heterocycles. The molecule has 0 bridgehead atoms. The van der Waals surface area contributed by atoms with Crippen LogP contribution in [0.4, 0.5) is 13.2 Å². The smallest absolute Gasteiger partial charge is 0.325 e. The van der Waals surface area contributed by atoms with Crippen LogP contribution < -0.4 is 5.73 Å². The molecule has 0 aromatic rings. The van der Waals surface area contributed by atoms with Gasteiger partial charge in [-0.15, -0.1) is 0 Å². The maximum Gasteiger partial charge on any atom is 0.389 e. The van der Waals surface area contributed by atoms with E-state index in [0.717, 1.165) is 19.3 Å². The van der Waals surface area contributed by atoms with Gasteiger partial charge in [-0.25, -0.2) is 0 Å². The molecule has 2 fully saturated rings. The average molecular weight is 193 g/mol. The van der Waals surface area contributed by atoms with Crippen LogP contribution in [0.15, 0.2) is 0 Å². The molecule has 13 heavy (non-hydrogen) atoms. The predicted molar refractivity (Wildman–Crippen MR) is 43.0 cm³/mol. The summed E-state index contributed by atoms with van der Waals surface area (Å²) in [6.07, 6.45) is -1.38. The van der Waals surface area contributed by atoms with Crippen LogP contribution in [0.1, 0.15) is 32.1 Å². The quantitative estimate of drug-likeness (QED) is 0.716. The summed E-state index contributed by atoms with van der Waals surface area (Å²) in [4.78, 5) is 0. The van der Waals surface area contributed by atoms with Crippen molar-refractivity contribution in [1.29, 1.82) is 0 Å². The number of fused-ring (bicyclic) bond motifs is 1. The molecule has 0 heterocycles. The minimum Gasteiger partial charge on any atom is -0.325 e. The zero-order valence-electron chi connectivity index (χ0n) is 7.40. The van der Waals surface area contributed by atoms with Gasteiger partial charge in [0.2, 0.25) is 0 Å². The summed E-state index contributed by atoms with van der Waals surface area (Å²) in [6, 6.07) is 0. The van der Waals surface area contributed by atoms with Gasteiger partial charge in [-0.3, -0.25) is 0 Å². The zero-order valence-corrected chi connectivity index (χ0v) is 7.40. The topological polar surface area (TPSA) is 26.0 Å². The first-order valence-electron chi connectivity index (χ1n) is 4.79. The van der Waals surface area contributed by atoms with Crippen molar-refractivity contribution < 1.29 is 13.2 Å². The monoisotopic (exact) mass is 193 g/mol. The molecule has 0 saturated heterocycles. The fourth-order valence-corrected chi connectivity index (χ4v) is 2.86. The van der Waals surface area contributed by atoms with E-state index in [9.17, 15) is 13.2 Å². The predicted octanol–water partition coefficient (Wildman–Crippen LogP) is 2.46. The molecule has 2 unspecified atom stereocenters. The summed E-state index contributed by atoms with van der Waals surface area (Å²) in [5, 5.41) is 0. The molecular formula is C9H14F3N. The number of rotatable bonds is 2. The molecule has 0 spiro atoms. The van der Waals surface area contributed by atoms with Crippen molar-refractivity contribution in [3.8, 4) is 0 Å². The number of hydrogen-bond acceptors (Lipinski definition) is 1. The molecule has 4 heteroatoms. The number of halogens is 3. The van der Waals surface area contributed by atoms with Gasteiger partial charge in [0.15, 0.2) is 0 Å². The van der Waals surface area contributed by atoms with Gasteiger partial charge < -0.3 is 5.73 Å². The van der Waals surface area contributed by atoms with Crippen LogP contribution in [0.3, 0.4) is 0 Å². The molecule has 2 N–H and O–H groups in total. The van der Waals surface area contributed by atoms with E-state index in [4.69, 9.17) is 5.73 Å². The van der Waals surface area contributed by atoms with E-state index >= 15 is 0 Å². The van der Waals surface area contributed by atoms with Crippen molar-refractivity contribution in [3.63, 3.8) is 0 Å². The lowest BCUT2D eigenvalue weighted by molar-refractivity contribution is -0.137. The highest BCUT2D eigenvalue weighted by Gasteiger charge is 2.63. The molecule has 0 radical (unpaired) electrons. The first kappa shape index (κ1) is 9.31. The van der Waals surface area contributed by atoms with E-state index in [1.165, 1.54) is 0 Å². The van der Waals surface area contributed by atoms with Crippen LogP contribution in [0.2, 0.25) is 0 Å². The SMILES string of the molecule is NC1(CCC(F)(F)F)C2CCCC21. The largest absolute Gasteiger partial charge is 0.389 e. The second-order valence-electron chi connectivity index (χ2n) is 4.37. The zero-order chi connectivity index (χ0) is 9.69. The minimum atomic E-state index is -4.04. The Morgan fingerprint density at radius 2 is 1.77 bits per heavy atom. The lowest BCUT2D eigenvalue weighted by atomic mass is 10.0. The Hall–Kier alpha value is -0.250. The van der Waals surface area contributed by atoms with Crippen LogP contribution >= 0.6 is 0 Å². The van der Waals surface area contributed by atoms with Crippen LogP contribution in [0.25, 0.3) is 0 Å². The summed E-state index contributed by atoms with van der Waals surface area (Å²) in [6.45, 7) is 0. The van der Waals surface area contributed by atoms with Crippen molar-refractivity contribution in [1.82, 2.24) is 0 Å². The Labute approximate surface area is 75.5 Å². The van der Waals surface area contributed by atoms with Crippen molar-refractivity contribution in [2.45, 2.75) is 43.8 Å². The van der Waals surface area contributed by atoms with Crippen LogP contribution in [-0.2, 0) is 0 Å². The molecule has 2 rings (SSSR count). The van der Waals surface area contributed by atoms with Gasteiger partial charge in [-0.05, 0) is 31.1 Å². The summed E-state index contributed by atoms with van der Waals surface area (Å²) in [5.41, 5.74) is 5.45. The molecule has 2 saturated carbocycles. The summed E-state index contributed by atoms with van der Waals surface area (Å²) < 4.78 is 35.8. The van der Waals surface area contributed by atoms with E-state index in [1.54, 1.807) is 0 Å². The first-order valence-corrected chi connectivity index (χ1v) is 4.79. The van der Waals surface area contributed by atoms with E-state index in [0.29, 0.717) is 11.8 Å². The van der Waals surface area contributed by atoms with Gasteiger partial charge in [0.1, 0.15) is 0 Å². The number of alkyl halides is 3. The lowest BCUT2D eigenvalue weighted by Crippen LogP contribution is -2.30. The van der Waals surface area contributed by atoms with E-state index < -0.39 is 18.1 Å². The van der Waals surface area contributed by atoms with Gasteiger partial charge in [0, 0.05) is 12.0 Å². The average Bonchev–Trinajstić information content (AvgIpc) is 2.50. The third-order valence-electron chi connectivity index (χ3n) is 3.63. The minimum absolute atomic E-state index is 0.131. The van der Waals surface area contributed by atoms with Gasteiger partial charge >= 0.3 is 6.18 Å². The Bertz CT molecular complexity index is 201. The van der Waals surface area contributed by atoms with Gasteiger partial charge in [0.05, 0.1) is 0 Å². The highest BCUT2D eigenvalue weighted by molar-refractivity contribution is 5.18. The van der Waals surface area contributed by atoms with E-state index in [2.05, 4.69) is 0 Å². The third kappa shape index (κ3) is 1.56. The van der Waals surface area contributed by atoms with Gasteiger partial charge in [-0.2, -0.15) is 13.2 Å². The number of nitrogens with two attached hydrogens (primary N) is 1. The van der Waals surface area contributed by atoms with Crippen LogP contribution in [0, 0.1) is 11.8 Å². The van der Waals surface area contributed by atoms with Gasteiger partial charge in [0.25, 0.3) is 0 Å². The van der Waals surface area contributed by atoms with Gasteiger partial charge in [-0.1, -0.05) is 6.42 Å². The molecule has 0 aromatic carbocycles. The third-order valence-corrected chi connectivity index (χ3v) is 3.63. The second-order valence-corrected chi connectivity index (χ2v) is 4.37. The Kier molecular flexibility index (Phi) is 1.88. The van der Waals surface area contributed by atoms with Crippen LogP contribution in [0.5, 0.6) is 0 Å². The van der Waals surface area contributed by atoms with Crippen LogP contribution in [-0.4, -0.2) is 11.7 Å². The fourth-order valence-electron chi connectivity index (χ4n) is 2.86. The van der Waals surface area contributed by atoms with E-state index in [1.807, 2.05) is 0 Å². The summed E-state index contributed by atoms with van der Waals surface area (Å²) in [7, 11) is 0. The first-order chi connectivity index (χ1) is 5.93. The Morgan fingerprint density at radius 3 is 2.23 bits per heavy atom. The summed E-state index contributed by atoms with van der Waals surface area (Å²) >= 11 is 0. The normalized spacial score (nSPS) is 43.4. The molecule has 1 nitrogen and oxygen atoms in total. The Balaban J connectivity index is 1.84. The highest BCUT2D eigenvalue weighted by atomic mass is 19.4. The molecule has 2 aliphatic carbocycles. The van der Waals surface area contributed by atoms with E-state index in [-0.39, 0.29) is 6.42 Å². The fraction of sp³-hybridized carbons (Fsp3) is 1.00. The van der Waals surface area contributed by atoms with Crippen molar-refractivity contribution in [2.75, 3.05) is 0 Å². The maximum absolute atomic E-state index is 11.9. The maximum atomic E-state index is 11.9.